The summed E-state index contributed by atoms with van der Waals surface area (Å²) in [6, 6.07) is 13.8. The van der Waals surface area contributed by atoms with Crippen molar-refractivity contribution in [1.29, 1.82) is 0 Å². The van der Waals surface area contributed by atoms with Gasteiger partial charge in [0, 0.05) is 17.7 Å². The van der Waals surface area contributed by atoms with Crippen LogP contribution in [0.25, 0.3) is 11.4 Å². The van der Waals surface area contributed by atoms with E-state index in [1.807, 2.05) is 24.3 Å². The first-order valence-electron chi connectivity index (χ1n) is 7.45. The molecule has 0 saturated carbocycles. The van der Waals surface area contributed by atoms with Gasteiger partial charge in [-0.15, -0.1) is 0 Å². The van der Waals surface area contributed by atoms with Crippen LogP contribution in [0.2, 0.25) is 0 Å². The predicted octanol–water partition coefficient (Wildman–Crippen LogP) is 3.79. The van der Waals surface area contributed by atoms with Gasteiger partial charge >= 0.3 is 0 Å². The Morgan fingerprint density at radius 1 is 1.12 bits per heavy atom. The third kappa shape index (κ3) is 3.57. The molecule has 2 aromatic carbocycles. The number of benzene rings is 2. The fraction of sp³-hybridized carbons (Fsp3) is 0.176. The first-order chi connectivity index (χ1) is 11.7. The smallest absolute Gasteiger partial charge is 0.269 e. The van der Waals surface area contributed by atoms with Crippen LogP contribution in [-0.2, 0) is 13.0 Å². The molecule has 1 heterocycles. The zero-order valence-electron chi connectivity index (χ0n) is 13.0. The maximum atomic E-state index is 10.7. The summed E-state index contributed by atoms with van der Waals surface area (Å²) in [5.74, 6) is 1.43. The second-order valence-corrected chi connectivity index (χ2v) is 5.10. The molecule has 24 heavy (non-hydrogen) atoms. The average molecular weight is 325 g/mol. The van der Waals surface area contributed by atoms with E-state index >= 15 is 0 Å². The van der Waals surface area contributed by atoms with Crippen molar-refractivity contribution in [2.75, 3.05) is 0 Å². The zero-order valence-corrected chi connectivity index (χ0v) is 13.0. The summed E-state index contributed by atoms with van der Waals surface area (Å²) in [5, 5.41) is 14.5. The molecule has 122 valence electrons. The molecule has 0 aliphatic carbocycles. The average Bonchev–Trinajstić information content (AvgIpc) is 3.09. The van der Waals surface area contributed by atoms with Gasteiger partial charge in [-0.1, -0.05) is 24.2 Å². The molecule has 0 bridgehead atoms. The monoisotopic (exact) mass is 325 g/mol. The summed E-state index contributed by atoms with van der Waals surface area (Å²) >= 11 is 0. The van der Waals surface area contributed by atoms with E-state index in [1.54, 1.807) is 12.1 Å². The molecule has 0 amide bonds. The Kier molecular flexibility index (Phi) is 4.51. The van der Waals surface area contributed by atoms with Gasteiger partial charge in [-0.25, -0.2) is 0 Å². The molecule has 0 saturated heterocycles. The summed E-state index contributed by atoms with van der Waals surface area (Å²) in [6.07, 6.45) is 0.975. The molecule has 0 N–H and O–H groups in total. The van der Waals surface area contributed by atoms with E-state index in [9.17, 15) is 10.1 Å². The number of aromatic nitrogens is 2. The second-order valence-electron chi connectivity index (χ2n) is 5.10. The van der Waals surface area contributed by atoms with Crippen LogP contribution in [0.15, 0.2) is 53.1 Å². The minimum atomic E-state index is -0.455. The highest BCUT2D eigenvalue weighted by atomic mass is 16.6. The second kappa shape index (κ2) is 6.91. The SMILES string of the molecule is CCc1ccc(OCc2nc(-c3ccc([N+](=O)[O-])cc3)no2)cc1. The van der Waals surface area contributed by atoms with Crippen LogP contribution in [0.5, 0.6) is 5.75 Å². The zero-order chi connectivity index (χ0) is 16.9. The first kappa shape index (κ1) is 15.7. The van der Waals surface area contributed by atoms with Gasteiger partial charge in [0.2, 0.25) is 5.82 Å². The molecule has 0 radical (unpaired) electrons. The van der Waals surface area contributed by atoms with Crippen molar-refractivity contribution in [2.45, 2.75) is 20.0 Å². The van der Waals surface area contributed by atoms with E-state index in [0.29, 0.717) is 17.3 Å². The molecule has 7 heteroatoms. The molecule has 0 aliphatic rings. The highest BCUT2D eigenvalue weighted by Crippen LogP contribution is 2.20. The molecule has 3 aromatic rings. The Morgan fingerprint density at radius 2 is 1.83 bits per heavy atom. The Hall–Kier alpha value is -3.22. The van der Waals surface area contributed by atoms with E-state index in [-0.39, 0.29) is 12.3 Å². The van der Waals surface area contributed by atoms with Crippen LogP contribution < -0.4 is 4.74 Å². The van der Waals surface area contributed by atoms with Crippen molar-refractivity contribution in [3.8, 4) is 17.1 Å². The number of ether oxygens (including phenoxy) is 1. The lowest BCUT2D eigenvalue weighted by Crippen LogP contribution is -1.96. The summed E-state index contributed by atoms with van der Waals surface area (Å²) in [7, 11) is 0. The summed E-state index contributed by atoms with van der Waals surface area (Å²) < 4.78 is 10.7. The molecular weight excluding hydrogens is 310 g/mol. The van der Waals surface area contributed by atoms with Gasteiger partial charge in [-0.3, -0.25) is 10.1 Å². The number of nitrogens with zero attached hydrogens (tertiary/aromatic N) is 3. The summed E-state index contributed by atoms with van der Waals surface area (Å²) in [6.45, 7) is 2.25. The standard InChI is InChI=1S/C17H15N3O4/c1-2-12-3-9-15(10-4-12)23-11-16-18-17(19-24-16)13-5-7-14(8-6-13)20(21)22/h3-10H,2,11H2,1H3. The van der Waals surface area contributed by atoms with Gasteiger partial charge < -0.3 is 9.26 Å². The third-order valence-corrected chi connectivity index (χ3v) is 3.50. The van der Waals surface area contributed by atoms with Crippen molar-refractivity contribution in [3.05, 3.63) is 70.1 Å². The molecule has 0 aliphatic heterocycles. The maximum Gasteiger partial charge on any atom is 0.269 e. The maximum absolute atomic E-state index is 10.7. The quantitative estimate of drug-likeness (QED) is 0.506. The molecule has 0 spiro atoms. The highest BCUT2D eigenvalue weighted by Gasteiger charge is 2.11. The summed E-state index contributed by atoms with van der Waals surface area (Å²) in [5.41, 5.74) is 1.89. The first-order valence-corrected chi connectivity index (χ1v) is 7.45. The topological polar surface area (TPSA) is 91.3 Å². The van der Waals surface area contributed by atoms with Crippen LogP contribution in [0, 0.1) is 10.1 Å². The molecule has 3 rings (SSSR count). The summed E-state index contributed by atoms with van der Waals surface area (Å²) in [4.78, 5) is 14.4. The van der Waals surface area contributed by atoms with Gasteiger partial charge in [0.05, 0.1) is 4.92 Å². The number of nitro groups is 1. The minimum absolute atomic E-state index is 0.0151. The van der Waals surface area contributed by atoms with E-state index in [4.69, 9.17) is 9.26 Å². The van der Waals surface area contributed by atoms with Crippen LogP contribution in [0.4, 0.5) is 5.69 Å². The number of hydrogen-bond donors (Lipinski definition) is 0. The van der Waals surface area contributed by atoms with E-state index in [0.717, 1.165) is 12.2 Å². The number of aryl methyl sites for hydroxylation is 1. The van der Waals surface area contributed by atoms with Gasteiger partial charge in [-0.2, -0.15) is 4.98 Å². The number of hydrogen-bond acceptors (Lipinski definition) is 6. The van der Waals surface area contributed by atoms with Gasteiger partial charge in [0.1, 0.15) is 5.75 Å². The van der Waals surface area contributed by atoms with Crippen molar-refractivity contribution >= 4 is 5.69 Å². The lowest BCUT2D eigenvalue weighted by molar-refractivity contribution is -0.384. The third-order valence-electron chi connectivity index (χ3n) is 3.50. The normalized spacial score (nSPS) is 10.5. The van der Waals surface area contributed by atoms with Crippen molar-refractivity contribution < 1.29 is 14.2 Å². The molecule has 7 nitrogen and oxygen atoms in total. The Bertz CT molecular complexity index is 826. The Morgan fingerprint density at radius 3 is 2.46 bits per heavy atom. The fourth-order valence-corrected chi connectivity index (χ4v) is 2.13. The largest absolute Gasteiger partial charge is 0.484 e. The van der Waals surface area contributed by atoms with Crippen LogP contribution in [0.1, 0.15) is 18.4 Å². The Labute approximate surface area is 138 Å². The predicted molar refractivity (Wildman–Crippen MR) is 86.5 cm³/mol. The molecule has 1 aromatic heterocycles. The molecule has 0 atom stereocenters. The molecular formula is C17H15N3O4. The molecule has 0 fully saturated rings. The Balaban J connectivity index is 1.65. The van der Waals surface area contributed by atoms with Gasteiger partial charge in [0.15, 0.2) is 6.61 Å². The van der Waals surface area contributed by atoms with Crippen LogP contribution in [0.3, 0.4) is 0 Å². The number of non-ortho nitro benzene ring substituents is 1. The number of nitro benzene ring substituents is 1. The van der Waals surface area contributed by atoms with E-state index in [2.05, 4.69) is 17.1 Å². The van der Waals surface area contributed by atoms with E-state index < -0.39 is 4.92 Å². The van der Waals surface area contributed by atoms with Crippen molar-refractivity contribution in [3.63, 3.8) is 0 Å². The van der Waals surface area contributed by atoms with Gasteiger partial charge in [-0.05, 0) is 36.2 Å². The van der Waals surface area contributed by atoms with E-state index in [1.165, 1.54) is 17.7 Å². The highest BCUT2D eigenvalue weighted by molar-refractivity contribution is 5.56. The lowest BCUT2D eigenvalue weighted by atomic mass is 10.2. The van der Waals surface area contributed by atoms with Crippen molar-refractivity contribution in [2.24, 2.45) is 0 Å². The van der Waals surface area contributed by atoms with Crippen LogP contribution >= 0.6 is 0 Å². The van der Waals surface area contributed by atoms with Gasteiger partial charge in [0.25, 0.3) is 11.6 Å². The van der Waals surface area contributed by atoms with Crippen LogP contribution in [-0.4, -0.2) is 15.1 Å². The number of rotatable bonds is 6. The minimum Gasteiger partial charge on any atom is -0.484 e. The lowest BCUT2D eigenvalue weighted by Gasteiger charge is -2.03. The fourth-order valence-electron chi connectivity index (χ4n) is 2.13. The van der Waals surface area contributed by atoms with Crippen molar-refractivity contribution in [1.82, 2.24) is 10.1 Å². The molecule has 0 unspecified atom stereocenters.